The van der Waals surface area contributed by atoms with E-state index in [1.807, 2.05) is 26.0 Å². The number of likely N-dealkylation sites (N-methyl/N-ethyl adjacent to an activating group) is 1. The second-order valence-corrected chi connectivity index (χ2v) is 6.87. The molecule has 1 aromatic carbocycles. The summed E-state index contributed by atoms with van der Waals surface area (Å²) in [5.74, 6) is -0.712. The van der Waals surface area contributed by atoms with Crippen molar-refractivity contribution in [1.82, 2.24) is 10.2 Å². The molecule has 0 bridgehead atoms. The van der Waals surface area contributed by atoms with Crippen molar-refractivity contribution in [3.05, 3.63) is 33.8 Å². The molecular weight excluding hydrogens is 300 g/mol. The van der Waals surface area contributed by atoms with Crippen molar-refractivity contribution in [1.29, 1.82) is 0 Å². The summed E-state index contributed by atoms with van der Waals surface area (Å²) in [6.45, 7) is 5.38. The Balaban J connectivity index is 2.09. The highest BCUT2D eigenvalue weighted by Crippen LogP contribution is 2.43. The minimum absolute atomic E-state index is 0.0509. The van der Waals surface area contributed by atoms with E-state index in [1.165, 1.54) is 0 Å². The molecule has 2 aliphatic heterocycles. The number of hydrogen-bond acceptors (Lipinski definition) is 3. The minimum Gasteiger partial charge on any atom is -0.332 e. The number of Topliss-reactive ketones (excluding diaryl/α,β-unsaturated/α-hetero) is 1. The number of hydrogen-bond donors (Lipinski definition) is 1. The molecule has 2 heterocycles. The molecule has 5 heteroatoms. The number of aryl methyl sites for hydroxylation is 2. The molecule has 1 N–H and O–H groups in total. The highest BCUT2D eigenvalue weighted by Gasteiger charge is 2.57. The number of nitrogens with zero attached hydrogens (tertiary/aromatic N) is 1. The number of likely N-dealkylation sites (tertiary alicyclic amines) is 1. The molecule has 3 rings (SSSR count). The Morgan fingerprint density at radius 1 is 1.18 bits per heavy atom. The van der Waals surface area contributed by atoms with Crippen LogP contribution in [0.4, 0.5) is 0 Å². The van der Waals surface area contributed by atoms with Gasteiger partial charge in [-0.3, -0.25) is 9.59 Å². The quantitative estimate of drug-likeness (QED) is 0.807. The lowest BCUT2D eigenvalue weighted by Crippen LogP contribution is -2.54. The summed E-state index contributed by atoms with van der Waals surface area (Å²) in [6.07, 6.45) is 1.38. The first-order chi connectivity index (χ1) is 10.4. The Morgan fingerprint density at radius 3 is 2.27 bits per heavy atom. The maximum absolute atomic E-state index is 13.2. The first kappa shape index (κ1) is 15.5. The smallest absolute Gasteiger partial charge is 0.238 e. The van der Waals surface area contributed by atoms with Crippen LogP contribution in [0.5, 0.6) is 0 Å². The molecule has 0 radical (unpaired) electrons. The van der Waals surface area contributed by atoms with Crippen LogP contribution >= 0.6 is 11.6 Å². The molecule has 1 unspecified atom stereocenters. The topological polar surface area (TPSA) is 49.4 Å². The number of halogens is 1. The molecule has 22 heavy (non-hydrogen) atoms. The van der Waals surface area contributed by atoms with Crippen LogP contribution < -0.4 is 5.32 Å². The van der Waals surface area contributed by atoms with E-state index >= 15 is 0 Å². The lowest BCUT2D eigenvalue weighted by atomic mass is 9.79. The van der Waals surface area contributed by atoms with E-state index in [0.717, 1.165) is 29.8 Å². The second kappa shape index (κ2) is 5.36. The number of ketones is 1. The van der Waals surface area contributed by atoms with Gasteiger partial charge in [-0.15, -0.1) is 0 Å². The van der Waals surface area contributed by atoms with Crippen LogP contribution in [0.1, 0.15) is 35.4 Å². The summed E-state index contributed by atoms with van der Waals surface area (Å²) >= 11 is 6.08. The molecule has 1 atom stereocenters. The minimum atomic E-state index is -0.680. The molecule has 0 aliphatic carbocycles. The average Bonchev–Trinajstić information content (AvgIpc) is 2.63. The normalized spacial score (nSPS) is 24.4. The van der Waals surface area contributed by atoms with Gasteiger partial charge in [0, 0.05) is 12.1 Å². The number of carbonyl (C=O) groups is 2. The molecule has 4 nitrogen and oxygen atoms in total. The van der Waals surface area contributed by atoms with Crippen molar-refractivity contribution in [2.24, 2.45) is 0 Å². The Labute approximate surface area is 135 Å². The van der Waals surface area contributed by atoms with Gasteiger partial charge in [-0.05, 0) is 68.6 Å². The summed E-state index contributed by atoms with van der Waals surface area (Å²) in [4.78, 5) is 27.7. The third-order valence-electron chi connectivity index (χ3n) is 5.22. The molecule has 1 amide bonds. The lowest BCUT2D eigenvalue weighted by Gasteiger charge is -2.37. The number of amides is 1. The summed E-state index contributed by atoms with van der Waals surface area (Å²) in [7, 11) is 1.77. The van der Waals surface area contributed by atoms with E-state index in [4.69, 9.17) is 11.6 Å². The number of rotatable bonds is 1. The molecule has 0 saturated carbocycles. The monoisotopic (exact) mass is 320 g/mol. The molecule has 2 aliphatic rings. The molecule has 2 fully saturated rings. The van der Waals surface area contributed by atoms with Gasteiger partial charge < -0.3 is 10.2 Å². The van der Waals surface area contributed by atoms with Crippen molar-refractivity contribution in [3.8, 4) is 0 Å². The zero-order valence-electron chi connectivity index (χ0n) is 13.2. The standard InChI is InChI=1S/C17H21ClN2O2/c1-10-8-12(18)9-11(2)13(10)14-15(21)17(20(3)16(14)22)4-6-19-7-5-17/h8-9,14,19H,4-7H2,1-3H3. The van der Waals surface area contributed by atoms with Gasteiger partial charge in [0.1, 0.15) is 11.5 Å². The lowest BCUT2D eigenvalue weighted by molar-refractivity contribution is -0.132. The van der Waals surface area contributed by atoms with Crippen molar-refractivity contribution in [3.63, 3.8) is 0 Å². The van der Waals surface area contributed by atoms with Crippen LogP contribution in [-0.4, -0.2) is 42.3 Å². The second-order valence-electron chi connectivity index (χ2n) is 6.43. The molecule has 2 saturated heterocycles. The molecule has 1 aromatic rings. The van der Waals surface area contributed by atoms with Crippen LogP contribution in [-0.2, 0) is 9.59 Å². The van der Waals surface area contributed by atoms with Crippen molar-refractivity contribution >= 4 is 23.3 Å². The van der Waals surface area contributed by atoms with Crippen LogP contribution in [0.2, 0.25) is 5.02 Å². The summed E-state index contributed by atoms with van der Waals surface area (Å²) in [6, 6.07) is 3.66. The first-order valence-corrected chi connectivity index (χ1v) is 8.05. The fourth-order valence-corrected chi connectivity index (χ4v) is 4.33. The molecule has 0 aromatic heterocycles. The maximum atomic E-state index is 13.2. The van der Waals surface area contributed by atoms with Gasteiger partial charge in [0.05, 0.1) is 0 Å². The van der Waals surface area contributed by atoms with Gasteiger partial charge in [0.25, 0.3) is 0 Å². The Morgan fingerprint density at radius 2 is 1.73 bits per heavy atom. The zero-order valence-corrected chi connectivity index (χ0v) is 14.0. The predicted octanol–water partition coefficient (Wildman–Crippen LogP) is 2.20. The molecular formula is C17H21ClN2O2. The van der Waals surface area contributed by atoms with E-state index in [9.17, 15) is 9.59 Å². The zero-order chi connectivity index (χ0) is 16.1. The largest absolute Gasteiger partial charge is 0.332 e. The van der Waals surface area contributed by atoms with E-state index in [-0.39, 0.29) is 11.7 Å². The van der Waals surface area contributed by atoms with Crippen LogP contribution in [0.3, 0.4) is 0 Å². The number of benzene rings is 1. The van der Waals surface area contributed by atoms with Crippen molar-refractivity contribution in [2.75, 3.05) is 20.1 Å². The summed E-state index contributed by atoms with van der Waals surface area (Å²) in [5, 5.41) is 3.91. The van der Waals surface area contributed by atoms with Crippen LogP contribution in [0.15, 0.2) is 12.1 Å². The van der Waals surface area contributed by atoms with Crippen molar-refractivity contribution in [2.45, 2.75) is 38.1 Å². The van der Waals surface area contributed by atoms with Gasteiger partial charge in [0.2, 0.25) is 5.91 Å². The van der Waals surface area contributed by atoms with Crippen molar-refractivity contribution < 1.29 is 9.59 Å². The SMILES string of the molecule is Cc1cc(Cl)cc(C)c1C1C(=O)N(C)C2(CCNCC2)C1=O. The number of carbonyl (C=O) groups excluding carboxylic acids is 2. The highest BCUT2D eigenvalue weighted by atomic mass is 35.5. The van der Waals surface area contributed by atoms with Gasteiger partial charge in [-0.25, -0.2) is 0 Å². The Kier molecular flexibility index (Phi) is 3.77. The van der Waals surface area contributed by atoms with Crippen LogP contribution in [0, 0.1) is 13.8 Å². The highest BCUT2D eigenvalue weighted by molar-refractivity contribution is 6.30. The first-order valence-electron chi connectivity index (χ1n) is 7.68. The van der Waals surface area contributed by atoms with E-state index in [0.29, 0.717) is 17.9 Å². The Bertz CT molecular complexity index is 627. The van der Waals surface area contributed by atoms with Gasteiger partial charge >= 0.3 is 0 Å². The van der Waals surface area contributed by atoms with E-state index in [1.54, 1.807) is 11.9 Å². The Hall–Kier alpha value is -1.39. The number of piperidine rings is 1. The third-order valence-corrected chi connectivity index (χ3v) is 5.44. The van der Waals surface area contributed by atoms with Crippen LogP contribution in [0.25, 0.3) is 0 Å². The average molecular weight is 321 g/mol. The fraction of sp³-hybridized carbons (Fsp3) is 0.529. The van der Waals surface area contributed by atoms with Gasteiger partial charge in [-0.1, -0.05) is 11.6 Å². The predicted molar refractivity (Wildman–Crippen MR) is 86.3 cm³/mol. The number of nitrogens with one attached hydrogen (secondary N) is 1. The van der Waals surface area contributed by atoms with E-state index in [2.05, 4.69) is 5.32 Å². The molecule has 1 spiro atoms. The maximum Gasteiger partial charge on any atom is 0.238 e. The summed E-state index contributed by atoms with van der Waals surface area (Å²) in [5.41, 5.74) is 2.03. The van der Waals surface area contributed by atoms with E-state index < -0.39 is 11.5 Å². The van der Waals surface area contributed by atoms with Gasteiger partial charge in [0.15, 0.2) is 5.78 Å². The van der Waals surface area contributed by atoms with Gasteiger partial charge in [-0.2, -0.15) is 0 Å². The third kappa shape index (κ3) is 2.09. The fourth-order valence-electron chi connectivity index (χ4n) is 4.00. The summed E-state index contributed by atoms with van der Waals surface area (Å²) < 4.78 is 0. The molecule has 118 valence electrons.